The minimum Gasteiger partial charge on any atom is -0.508 e. The summed E-state index contributed by atoms with van der Waals surface area (Å²) in [6.45, 7) is 10.6. The van der Waals surface area contributed by atoms with Gasteiger partial charge in [-0.25, -0.2) is 4.98 Å². The topological polar surface area (TPSA) is 596 Å². The average molecular weight is 1570 g/mol. The predicted molar refractivity (Wildman–Crippen MR) is 402 cm³/mol. The summed E-state index contributed by atoms with van der Waals surface area (Å²) in [4.78, 5) is 228. The molecule has 22 N–H and O–H groups in total. The highest BCUT2D eigenvalue weighted by Gasteiger charge is 2.40. The highest BCUT2D eigenvalue weighted by Crippen LogP contribution is 2.22. The standard InChI is InChI=1S/C73H107N19O20/c1-37(2)23-49(65(104)80-34-61(101)92-21-12-15-57(92)72(111)88-54(64(103)76-20-22-93)28-45-31-75-36-81-45)85-66(105)50(24-38(3)4)86-68(107)52(26-43-16-18-46(97)19-17-43)83-60(100)33-79-63(102)40(7)82-71(110)56(35-94)90-69(108)55(29-58(74)98)87-67(106)51(25-39(5)6)89-73(112)62(41(8)95)91-70(109)53(84-59(99)32-77-42(9)96)27-44-30-78-48-14-11-10-13-47(44)48/h10-11,13-14,16-19,30-31,36-41,49-57,62,78,93-95,97H,12,15,20-29,32-35H2,1-9H3,(H2,74,98)(H,75,81)(H,76,103)(H,77,96)(H,79,102)(H,80,104)(H,82,110)(H,83,100)(H,84,99)(H,85,105)(H,86,107)(H,87,106)(H,88,111)(H,89,112)(H,90,108)(H,91,109)/t40-,41+,49-,50-,51-,52-,53-,54-,55-,56-,57-,62-/m0/s1. The number of aliphatic hydroxyl groups excluding tert-OH is 3. The van der Waals surface area contributed by atoms with E-state index in [2.05, 4.69) is 89.4 Å². The first-order chi connectivity index (χ1) is 53.0. The van der Waals surface area contributed by atoms with Crippen LogP contribution in [0.15, 0.2) is 67.3 Å². The minimum absolute atomic E-state index is 0.00568. The summed E-state index contributed by atoms with van der Waals surface area (Å²) in [6, 6.07) is -3.53. The number of fused-ring (bicyclic) bond motifs is 1. The number of likely N-dealkylation sites (tertiary alicyclic amines) is 1. The number of nitrogens with zero attached hydrogens (tertiary/aromatic N) is 2. The first-order valence-electron chi connectivity index (χ1n) is 36.8. The summed E-state index contributed by atoms with van der Waals surface area (Å²) >= 11 is 0. The molecule has 614 valence electrons. The summed E-state index contributed by atoms with van der Waals surface area (Å²) in [6.07, 6.45) is 2.20. The molecule has 39 heteroatoms. The van der Waals surface area contributed by atoms with Crippen molar-refractivity contribution in [3.8, 4) is 5.75 Å². The van der Waals surface area contributed by atoms with E-state index in [-0.39, 0.29) is 88.1 Å². The molecule has 0 bridgehead atoms. The average Bonchev–Trinajstić information content (AvgIpc) is 1.67. The molecule has 39 nitrogen and oxygen atoms in total. The number of nitrogens with one attached hydrogen (secondary N) is 16. The van der Waals surface area contributed by atoms with E-state index in [1.165, 1.54) is 62.5 Å². The molecular formula is C73H107N19O20. The molecule has 1 aliphatic heterocycles. The fourth-order valence-electron chi connectivity index (χ4n) is 12.0. The maximum absolute atomic E-state index is 14.4. The van der Waals surface area contributed by atoms with Gasteiger partial charge in [-0.2, -0.15) is 0 Å². The largest absolute Gasteiger partial charge is 0.508 e. The number of aromatic hydroxyl groups is 1. The van der Waals surface area contributed by atoms with Gasteiger partial charge in [-0.1, -0.05) is 71.9 Å². The second-order valence-corrected chi connectivity index (χ2v) is 28.6. The molecule has 0 aliphatic carbocycles. The molecule has 1 aliphatic rings. The number of aromatic nitrogens is 3. The van der Waals surface area contributed by atoms with Crippen LogP contribution < -0.4 is 80.2 Å². The number of para-hydroxylation sites is 1. The SMILES string of the molecule is CC(=O)NCC(=O)N[C@@H](Cc1c[nH]c2ccccc12)C(=O)N[C@H](C(=O)N[C@@H](CC(C)C)C(=O)N[C@@H](CC(N)=O)C(=O)N[C@@H](CO)C(=O)N[C@@H](C)C(=O)NCC(=O)N[C@@H](Cc1ccc(O)cc1)C(=O)N[C@@H](CC(C)C)C(=O)N[C@@H](CC(C)C)C(=O)NCC(=O)N1CCC[C@H]1C(=O)N[C@@H](Cc1cnc[nH]1)C(=O)NCCO)[C@@H](C)O. The predicted octanol–water partition coefficient (Wildman–Crippen LogP) is -5.65. The van der Waals surface area contributed by atoms with Crippen molar-refractivity contribution in [2.75, 3.05) is 45.9 Å². The Labute approximate surface area is 646 Å². The van der Waals surface area contributed by atoms with Crippen molar-refractivity contribution >= 4 is 105 Å². The van der Waals surface area contributed by atoms with Crippen molar-refractivity contribution in [3.63, 3.8) is 0 Å². The smallest absolute Gasteiger partial charge is 0.245 e. The highest BCUT2D eigenvalue weighted by molar-refractivity contribution is 6.01. The second-order valence-electron chi connectivity index (χ2n) is 28.6. The van der Waals surface area contributed by atoms with Crippen LogP contribution in [0.4, 0.5) is 0 Å². The van der Waals surface area contributed by atoms with Gasteiger partial charge in [-0.15, -0.1) is 0 Å². The van der Waals surface area contributed by atoms with Crippen LogP contribution in [-0.4, -0.2) is 253 Å². The van der Waals surface area contributed by atoms with Crippen LogP contribution in [0.3, 0.4) is 0 Å². The number of primary amides is 1. The molecule has 0 radical (unpaired) electrons. The van der Waals surface area contributed by atoms with Crippen LogP contribution >= 0.6 is 0 Å². The molecule has 3 heterocycles. The third kappa shape index (κ3) is 30.0. The van der Waals surface area contributed by atoms with E-state index in [0.717, 1.165) is 0 Å². The van der Waals surface area contributed by atoms with E-state index < -0.39 is 200 Å². The van der Waals surface area contributed by atoms with Gasteiger partial charge in [0.1, 0.15) is 72.2 Å². The normalized spacial score (nSPS) is 15.5. The van der Waals surface area contributed by atoms with Crippen molar-refractivity contribution in [1.82, 2.24) is 94.3 Å². The van der Waals surface area contributed by atoms with Crippen LogP contribution in [-0.2, 0) is 96.0 Å². The fraction of sp³-hybridized carbons (Fsp3) is 0.548. The molecule has 1 fully saturated rings. The minimum atomic E-state index is -1.89. The van der Waals surface area contributed by atoms with Gasteiger partial charge < -0.3 is 115 Å². The zero-order chi connectivity index (χ0) is 83.1. The maximum atomic E-state index is 14.4. The molecule has 4 aromatic rings. The molecule has 112 heavy (non-hydrogen) atoms. The molecular weight excluding hydrogens is 1460 g/mol. The molecule has 2 aromatic heterocycles. The van der Waals surface area contributed by atoms with E-state index in [4.69, 9.17) is 5.73 Å². The third-order valence-corrected chi connectivity index (χ3v) is 17.7. The van der Waals surface area contributed by atoms with Crippen molar-refractivity contribution in [2.45, 2.75) is 193 Å². The van der Waals surface area contributed by atoms with Gasteiger partial charge in [-0.3, -0.25) is 76.7 Å². The lowest BCUT2D eigenvalue weighted by atomic mass is 9.99. The highest BCUT2D eigenvalue weighted by atomic mass is 16.3. The molecule has 0 unspecified atom stereocenters. The molecule has 12 atom stereocenters. The Balaban J connectivity index is 1.20. The van der Waals surface area contributed by atoms with E-state index in [1.807, 2.05) is 0 Å². The first-order valence-corrected chi connectivity index (χ1v) is 36.8. The van der Waals surface area contributed by atoms with Crippen LogP contribution in [0.1, 0.15) is 118 Å². The van der Waals surface area contributed by atoms with Gasteiger partial charge in [0.05, 0.1) is 51.7 Å². The number of rotatable bonds is 45. The number of carbonyl (C=O) groups is 16. The number of carbonyl (C=O) groups excluding carboxylic acids is 16. The summed E-state index contributed by atoms with van der Waals surface area (Å²) in [5.41, 5.74) is 7.72. The Morgan fingerprint density at radius 1 is 0.536 bits per heavy atom. The van der Waals surface area contributed by atoms with Crippen LogP contribution in [0.2, 0.25) is 0 Å². The number of aliphatic hydroxyl groups is 3. The van der Waals surface area contributed by atoms with Crippen LogP contribution in [0.5, 0.6) is 5.75 Å². The van der Waals surface area contributed by atoms with Crippen molar-refractivity contribution in [1.29, 1.82) is 0 Å². The number of hydrogen-bond acceptors (Lipinski definition) is 21. The zero-order valence-electron chi connectivity index (χ0n) is 64.1. The van der Waals surface area contributed by atoms with Gasteiger partial charge in [0.2, 0.25) is 94.5 Å². The lowest BCUT2D eigenvalue weighted by molar-refractivity contribution is -0.140. The zero-order valence-corrected chi connectivity index (χ0v) is 64.1. The molecule has 0 spiro atoms. The molecule has 1 saturated heterocycles. The molecule has 5 rings (SSSR count). The van der Waals surface area contributed by atoms with Gasteiger partial charge in [0.15, 0.2) is 0 Å². The Bertz CT molecular complexity index is 3920. The second kappa shape index (κ2) is 44.9. The van der Waals surface area contributed by atoms with E-state index in [0.29, 0.717) is 34.1 Å². The number of hydrogen-bond donors (Lipinski definition) is 21. The Morgan fingerprint density at radius 3 is 1.61 bits per heavy atom. The van der Waals surface area contributed by atoms with Crippen molar-refractivity contribution in [2.24, 2.45) is 23.5 Å². The Morgan fingerprint density at radius 2 is 1.04 bits per heavy atom. The summed E-state index contributed by atoms with van der Waals surface area (Å²) in [5, 5.41) is 75.8. The number of benzene rings is 2. The van der Waals surface area contributed by atoms with E-state index >= 15 is 0 Å². The molecule has 16 amide bonds. The Hall–Kier alpha value is -11.6. The first kappa shape index (κ1) is 91.0. The van der Waals surface area contributed by atoms with Crippen molar-refractivity contribution in [3.05, 3.63) is 84.1 Å². The van der Waals surface area contributed by atoms with Crippen LogP contribution in [0, 0.1) is 17.8 Å². The Kier molecular flexibility index (Phi) is 36.5. The van der Waals surface area contributed by atoms with E-state index in [9.17, 15) is 97.1 Å². The van der Waals surface area contributed by atoms with Gasteiger partial charge in [0, 0.05) is 68.3 Å². The van der Waals surface area contributed by atoms with Crippen molar-refractivity contribution < 1.29 is 97.1 Å². The number of phenols is 1. The lowest BCUT2D eigenvalue weighted by Gasteiger charge is -2.28. The monoisotopic (exact) mass is 1570 g/mol. The summed E-state index contributed by atoms with van der Waals surface area (Å²) < 4.78 is 0. The number of amides is 16. The number of aromatic amines is 2. The molecule has 0 saturated carbocycles. The quantitative estimate of drug-likeness (QED) is 0.0196. The third-order valence-electron chi connectivity index (χ3n) is 17.7. The van der Waals surface area contributed by atoms with E-state index in [1.54, 1.807) is 72.0 Å². The number of H-pyrrole nitrogens is 2. The van der Waals surface area contributed by atoms with Gasteiger partial charge in [0.25, 0.3) is 0 Å². The number of nitrogens with two attached hydrogens (primary N) is 1. The number of phenolic OH excluding ortho intramolecular Hbond substituents is 1. The maximum Gasteiger partial charge on any atom is 0.245 e. The summed E-state index contributed by atoms with van der Waals surface area (Å²) in [5.74, 6) is -15.3. The number of imidazole rings is 1. The fourth-order valence-corrected chi connectivity index (χ4v) is 12.0. The lowest BCUT2D eigenvalue weighted by Crippen LogP contribution is -2.62. The van der Waals surface area contributed by atoms with Crippen LogP contribution in [0.25, 0.3) is 10.9 Å². The summed E-state index contributed by atoms with van der Waals surface area (Å²) in [7, 11) is 0. The van der Waals surface area contributed by atoms with Gasteiger partial charge >= 0.3 is 0 Å². The molecule has 2 aromatic carbocycles. The van der Waals surface area contributed by atoms with Gasteiger partial charge in [-0.05, 0) is 93.0 Å².